The number of hydrogen-bond donors (Lipinski definition) is 2. The maximum atomic E-state index is 12.1. The number of pyridine rings is 1. The van der Waals surface area contributed by atoms with Gasteiger partial charge in [0.1, 0.15) is 5.60 Å². The van der Waals surface area contributed by atoms with Crippen molar-refractivity contribution in [3.63, 3.8) is 0 Å². The zero-order chi connectivity index (χ0) is 16.4. The highest BCUT2D eigenvalue weighted by Gasteiger charge is 2.29. The standard InChI is InChI=1S/C16H23N5O2/c1-16(2,3)23-15(22)21-8-6-11(10-21)9-18-14-19-12-5-4-7-17-13(12)20-14/h4-5,7,11H,6,8-10H2,1-3H3,(H2,17,18,19,20)/t11-/m0/s1. The summed E-state index contributed by atoms with van der Waals surface area (Å²) in [5, 5.41) is 3.30. The Hall–Kier alpha value is -2.31. The molecule has 0 spiro atoms. The molecule has 1 saturated heterocycles. The van der Waals surface area contributed by atoms with Crippen LogP contribution in [0.2, 0.25) is 0 Å². The number of rotatable bonds is 3. The van der Waals surface area contributed by atoms with Crippen molar-refractivity contribution in [2.45, 2.75) is 32.8 Å². The summed E-state index contributed by atoms with van der Waals surface area (Å²) in [5.74, 6) is 1.11. The highest BCUT2D eigenvalue weighted by atomic mass is 16.6. The first-order valence-electron chi connectivity index (χ1n) is 7.93. The summed E-state index contributed by atoms with van der Waals surface area (Å²) in [6, 6.07) is 3.82. The van der Waals surface area contributed by atoms with Gasteiger partial charge in [-0.15, -0.1) is 0 Å². The van der Waals surface area contributed by atoms with Gasteiger partial charge in [-0.1, -0.05) is 0 Å². The Bertz CT molecular complexity index is 658. The molecule has 7 heteroatoms. The predicted molar refractivity (Wildman–Crippen MR) is 88.3 cm³/mol. The van der Waals surface area contributed by atoms with Crippen LogP contribution in [0.4, 0.5) is 10.7 Å². The molecule has 23 heavy (non-hydrogen) atoms. The number of amides is 1. The number of nitrogens with one attached hydrogen (secondary N) is 2. The number of aromatic amines is 1. The smallest absolute Gasteiger partial charge is 0.410 e. The van der Waals surface area contributed by atoms with E-state index in [2.05, 4.69) is 20.3 Å². The molecular weight excluding hydrogens is 294 g/mol. The summed E-state index contributed by atoms with van der Waals surface area (Å²) in [7, 11) is 0. The number of hydrogen-bond acceptors (Lipinski definition) is 5. The number of likely N-dealkylation sites (tertiary alicyclic amines) is 1. The van der Waals surface area contributed by atoms with E-state index in [1.807, 2.05) is 32.9 Å². The number of nitrogens with zero attached hydrogens (tertiary/aromatic N) is 3. The molecule has 0 aromatic carbocycles. The van der Waals surface area contributed by atoms with Crippen molar-refractivity contribution < 1.29 is 9.53 Å². The minimum atomic E-state index is -0.450. The van der Waals surface area contributed by atoms with Gasteiger partial charge in [0.2, 0.25) is 5.95 Å². The molecule has 2 aromatic rings. The lowest BCUT2D eigenvalue weighted by Gasteiger charge is -2.24. The van der Waals surface area contributed by atoms with Gasteiger partial charge in [0.05, 0.1) is 5.52 Å². The van der Waals surface area contributed by atoms with Crippen LogP contribution in [0.1, 0.15) is 27.2 Å². The van der Waals surface area contributed by atoms with Gasteiger partial charge in [0, 0.05) is 25.8 Å². The van der Waals surface area contributed by atoms with Crippen molar-refractivity contribution in [3.8, 4) is 0 Å². The van der Waals surface area contributed by atoms with Gasteiger partial charge in [-0.05, 0) is 45.2 Å². The summed E-state index contributed by atoms with van der Waals surface area (Å²) in [5.41, 5.74) is 1.17. The lowest BCUT2D eigenvalue weighted by molar-refractivity contribution is 0.0289. The SMILES string of the molecule is CC(C)(C)OC(=O)N1CC[C@@H](CNc2nc3ncccc3[nH]2)C1. The Morgan fingerprint density at radius 1 is 1.52 bits per heavy atom. The van der Waals surface area contributed by atoms with Crippen LogP contribution in [0.3, 0.4) is 0 Å². The quantitative estimate of drug-likeness (QED) is 0.909. The molecule has 0 bridgehead atoms. The Balaban J connectivity index is 1.51. The first kappa shape index (κ1) is 15.6. The third-order valence-electron chi connectivity index (χ3n) is 3.75. The predicted octanol–water partition coefficient (Wildman–Crippen LogP) is 2.63. The maximum absolute atomic E-state index is 12.1. The molecule has 2 N–H and O–H groups in total. The largest absolute Gasteiger partial charge is 0.444 e. The molecule has 2 aromatic heterocycles. The summed E-state index contributed by atoms with van der Waals surface area (Å²) < 4.78 is 5.41. The molecular formula is C16H23N5O2. The van der Waals surface area contributed by atoms with Crippen LogP contribution in [-0.2, 0) is 4.74 Å². The summed E-state index contributed by atoms with van der Waals surface area (Å²) in [6.45, 7) is 7.86. The van der Waals surface area contributed by atoms with E-state index < -0.39 is 5.60 Å². The van der Waals surface area contributed by atoms with Crippen LogP contribution < -0.4 is 5.32 Å². The minimum Gasteiger partial charge on any atom is -0.444 e. The molecule has 1 aliphatic rings. The first-order valence-corrected chi connectivity index (χ1v) is 7.93. The number of anilines is 1. The fraction of sp³-hybridized carbons (Fsp3) is 0.562. The number of aromatic nitrogens is 3. The van der Waals surface area contributed by atoms with Crippen LogP contribution in [0.15, 0.2) is 18.3 Å². The molecule has 0 aliphatic carbocycles. The Kier molecular flexibility index (Phi) is 4.11. The molecule has 0 saturated carbocycles. The molecule has 1 amide bonds. The van der Waals surface area contributed by atoms with E-state index in [0.717, 1.165) is 31.0 Å². The fourth-order valence-electron chi connectivity index (χ4n) is 2.66. The molecule has 0 radical (unpaired) electrons. The van der Waals surface area contributed by atoms with Gasteiger partial charge >= 0.3 is 6.09 Å². The Morgan fingerprint density at radius 3 is 3.09 bits per heavy atom. The number of carbonyl (C=O) groups excluding carboxylic acids is 1. The van der Waals surface area contributed by atoms with Crippen molar-refractivity contribution in [1.82, 2.24) is 19.9 Å². The zero-order valence-electron chi connectivity index (χ0n) is 13.8. The van der Waals surface area contributed by atoms with Crippen molar-refractivity contribution >= 4 is 23.2 Å². The third-order valence-corrected chi connectivity index (χ3v) is 3.75. The molecule has 7 nitrogen and oxygen atoms in total. The molecule has 0 unspecified atom stereocenters. The van der Waals surface area contributed by atoms with Gasteiger partial charge in [-0.25, -0.2) is 9.78 Å². The maximum Gasteiger partial charge on any atom is 0.410 e. The van der Waals surface area contributed by atoms with Crippen LogP contribution in [0.5, 0.6) is 0 Å². The average molecular weight is 317 g/mol. The van der Waals surface area contributed by atoms with Gasteiger partial charge in [0.25, 0.3) is 0 Å². The second-order valence-corrected chi connectivity index (χ2v) is 6.92. The molecule has 3 rings (SSSR count). The van der Waals surface area contributed by atoms with E-state index in [-0.39, 0.29) is 6.09 Å². The van der Waals surface area contributed by atoms with Crippen LogP contribution in [0.25, 0.3) is 11.2 Å². The van der Waals surface area contributed by atoms with Crippen LogP contribution >= 0.6 is 0 Å². The van der Waals surface area contributed by atoms with E-state index in [4.69, 9.17) is 4.74 Å². The number of fused-ring (bicyclic) bond motifs is 1. The van der Waals surface area contributed by atoms with E-state index in [1.165, 1.54) is 0 Å². The summed E-state index contributed by atoms with van der Waals surface area (Å²) in [6.07, 6.45) is 2.46. The Labute approximate surface area is 135 Å². The first-order chi connectivity index (χ1) is 10.9. The van der Waals surface area contributed by atoms with E-state index in [0.29, 0.717) is 18.1 Å². The number of H-pyrrole nitrogens is 1. The van der Waals surface area contributed by atoms with Crippen LogP contribution in [0, 0.1) is 5.92 Å². The van der Waals surface area contributed by atoms with Crippen LogP contribution in [-0.4, -0.2) is 51.2 Å². The van der Waals surface area contributed by atoms with Gasteiger partial charge < -0.3 is 19.9 Å². The van der Waals surface area contributed by atoms with Crippen molar-refractivity contribution in [2.75, 3.05) is 25.0 Å². The number of imidazole rings is 1. The molecule has 1 atom stereocenters. The number of carbonyl (C=O) groups is 1. The second-order valence-electron chi connectivity index (χ2n) is 6.92. The highest BCUT2D eigenvalue weighted by Crippen LogP contribution is 2.20. The summed E-state index contributed by atoms with van der Waals surface area (Å²) >= 11 is 0. The summed E-state index contributed by atoms with van der Waals surface area (Å²) in [4.78, 5) is 25.6. The Morgan fingerprint density at radius 2 is 2.35 bits per heavy atom. The van der Waals surface area contributed by atoms with E-state index in [9.17, 15) is 4.79 Å². The zero-order valence-corrected chi connectivity index (χ0v) is 13.8. The second kappa shape index (κ2) is 6.06. The fourth-order valence-corrected chi connectivity index (χ4v) is 2.66. The normalized spacial score (nSPS) is 18.4. The lowest BCUT2D eigenvalue weighted by Crippen LogP contribution is -2.35. The van der Waals surface area contributed by atoms with E-state index in [1.54, 1.807) is 11.1 Å². The highest BCUT2D eigenvalue weighted by molar-refractivity contribution is 5.72. The van der Waals surface area contributed by atoms with Gasteiger partial charge in [-0.3, -0.25) is 0 Å². The number of ether oxygens (including phenoxy) is 1. The molecule has 124 valence electrons. The van der Waals surface area contributed by atoms with Gasteiger partial charge in [-0.2, -0.15) is 4.98 Å². The van der Waals surface area contributed by atoms with Crippen molar-refractivity contribution in [1.29, 1.82) is 0 Å². The monoisotopic (exact) mass is 317 g/mol. The van der Waals surface area contributed by atoms with Gasteiger partial charge in [0.15, 0.2) is 5.65 Å². The topological polar surface area (TPSA) is 83.1 Å². The minimum absolute atomic E-state index is 0.229. The van der Waals surface area contributed by atoms with E-state index >= 15 is 0 Å². The van der Waals surface area contributed by atoms with Crippen molar-refractivity contribution in [3.05, 3.63) is 18.3 Å². The third kappa shape index (κ3) is 3.91. The molecule has 3 heterocycles. The van der Waals surface area contributed by atoms with Crippen molar-refractivity contribution in [2.24, 2.45) is 5.92 Å². The lowest BCUT2D eigenvalue weighted by atomic mass is 10.1. The molecule has 1 fully saturated rings. The molecule has 1 aliphatic heterocycles. The average Bonchev–Trinajstić information content (AvgIpc) is 3.09.